The molecule has 0 saturated heterocycles. The summed E-state index contributed by atoms with van der Waals surface area (Å²) >= 11 is 6.42. The van der Waals surface area contributed by atoms with Crippen molar-refractivity contribution in [2.45, 2.75) is 11.3 Å². The van der Waals surface area contributed by atoms with E-state index in [2.05, 4.69) is 15.4 Å². The lowest BCUT2D eigenvalue weighted by Crippen LogP contribution is -2.30. The zero-order chi connectivity index (χ0) is 18.7. The number of nitrogens with one attached hydrogen (secondary N) is 3. The zero-order valence-corrected chi connectivity index (χ0v) is 15.8. The monoisotopic (exact) mass is 393 g/mol. The fourth-order valence-corrected chi connectivity index (χ4v) is 4.47. The van der Waals surface area contributed by atoms with Gasteiger partial charge in [0.2, 0.25) is 0 Å². The summed E-state index contributed by atoms with van der Waals surface area (Å²) in [5, 5.41) is 15.5. The summed E-state index contributed by atoms with van der Waals surface area (Å²) in [6.45, 7) is 0.377. The van der Waals surface area contributed by atoms with Gasteiger partial charge in [0.1, 0.15) is 0 Å². The number of allylic oxidation sites excluding steroid dienone is 6. The first-order valence-electron chi connectivity index (χ1n) is 8.12. The van der Waals surface area contributed by atoms with E-state index in [4.69, 9.17) is 16.7 Å². The summed E-state index contributed by atoms with van der Waals surface area (Å²) in [7, 11) is -1.84. The first-order valence-corrected chi connectivity index (χ1v) is 9.98. The van der Waals surface area contributed by atoms with E-state index in [1.165, 1.54) is 0 Å². The van der Waals surface area contributed by atoms with Crippen LogP contribution in [0, 0.1) is 0 Å². The smallest absolute Gasteiger partial charge is 0.262 e. The number of halogens is 1. The molecule has 8 heteroatoms. The van der Waals surface area contributed by atoms with Crippen molar-refractivity contribution in [1.29, 1.82) is 0 Å². The molecule has 6 nitrogen and oxygen atoms in total. The van der Waals surface area contributed by atoms with Crippen LogP contribution in [0.25, 0.3) is 5.57 Å². The fraction of sp³-hybridized carbons (Fsp3) is 0.222. The molecule has 0 atom stereocenters. The third-order valence-corrected chi connectivity index (χ3v) is 5.89. The number of aliphatic hydroxyl groups excluding tert-OH is 1. The van der Waals surface area contributed by atoms with Crippen LogP contribution in [-0.2, 0) is 10.0 Å². The van der Waals surface area contributed by atoms with Crippen molar-refractivity contribution >= 4 is 32.9 Å². The molecule has 26 heavy (non-hydrogen) atoms. The second kappa shape index (κ2) is 7.57. The third-order valence-electron chi connectivity index (χ3n) is 4.09. The van der Waals surface area contributed by atoms with Crippen molar-refractivity contribution in [3.05, 3.63) is 64.5 Å². The van der Waals surface area contributed by atoms with Crippen LogP contribution >= 0.6 is 11.6 Å². The van der Waals surface area contributed by atoms with Gasteiger partial charge in [0.05, 0.1) is 11.5 Å². The molecular formula is C18H20ClN3O3S. The molecule has 0 aromatic heterocycles. The summed E-state index contributed by atoms with van der Waals surface area (Å²) < 4.78 is 27.9. The maximum absolute atomic E-state index is 12.6. The number of anilines is 1. The van der Waals surface area contributed by atoms with Crippen LogP contribution in [0.5, 0.6) is 0 Å². The van der Waals surface area contributed by atoms with E-state index in [0.717, 1.165) is 16.8 Å². The molecule has 1 heterocycles. The normalized spacial score (nSPS) is 19.7. The Labute approximate surface area is 158 Å². The zero-order valence-electron chi connectivity index (χ0n) is 14.2. The highest BCUT2D eigenvalue weighted by Crippen LogP contribution is 2.41. The van der Waals surface area contributed by atoms with E-state index in [9.17, 15) is 8.42 Å². The summed E-state index contributed by atoms with van der Waals surface area (Å²) in [5.41, 5.74) is 3.54. The average Bonchev–Trinajstić information content (AvgIpc) is 2.61. The van der Waals surface area contributed by atoms with E-state index in [1.807, 2.05) is 12.2 Å². The highest BCUT2D eigenvalue weighted by atomic mass is 35.5. The Balaban J connectivity index is 2.06. The van der Waals surface area contributed by atoms with Gasteiger partial charge in [0.15, 0.2) is 0 Å². The molecule has 1 aliphatic carbocycles. The van der Waals surface area contributed by atoms with Crippen LogP contribution in [0.1, 0.15) is 12.0 Å². The SMILES string of the molecule is CN/C=C\C=C1/CC2=C(C=C1Cl)c1cc(NCCO)ccc1S(=O)(=O)N2. The van der Waals surface area contributed by atoms with E-state index in [0.29, 0.717) is 29.3 Å². The molecule has 0 spiro atoms. The standard InChI is InChI=1S/C18H20ClN3O3S/c1-20-6-2-3-12-9-17-14(11-16(12)19)15-10-13(21-7-8-23)4-5-18(15)26(24,25)22-17/h2-6,10-11,20-23H,7-9H2,1H3/b6-2-,12-3+. The molecule has 0 saturated carbocycles. The lowest BCUT2D eigenvalue weighted by Gasteiger charge is -2.28. The predicted octanol–water partition coefficient (Wildman–Crippen LogP) is 2.28. The predicted molar refractivity (Wildman–Crippen MR) is 104 cm³/mol. The number of sulfonamides is 1. The van der Waals surface area contributed by atoms with Crippen LogP contribution in [0.15, 0.2) is 63.8 Å². The molecule has 0 radical (unpaired) electrons. The lowest BCUT2D eigenvalue weighted by molar-refractivity contribution is 0.311. The Morgan fingerprint density at radius 3 is 2.92 bits per heavy atom. The van der Waals surface area contributed by atoms with Gasteiger partial charge in [-0.3, -0.25) is 4.72 Å². The number of fused-ring (bicyclic) bond motifs is 2. The first-order chi connectivity index (χ1) is 12.5. The van der Waals surface area contributed by atoms with Gasteiger partial charge in [0.25, 0.3) is 10.0 Å². The molecule has 0 amide bonds. The van der Waals surface area contributed by atoms with Crippen LogP contribution in [0.4, 0.5) is 5.69 Å². The minimum absolute atomic E-state index is 0.00902. The van der Waals surface area contributed by atoms with Gasteiger partial charge in [-0.1, -0.05) is 17.7 Å². The fourth-order valence-electron chi connectivity index (χ4n) is 2.91. The third kappa shape index (κ3) is 3.65. The molecular weight excluding hydrogens is 374 g/mol. The maximum Gasteiger partial charge on any atom is 0.262 e. The highest BCUT2D eigenvalue weighted by Gasteiger charge is 2.31. The minimum atomic E-state index is -3.63. The summed E-state index contributed by atoms with van der Waals surface area (Å²) in [6.07, 6.45) is 7.61. The molecule has 1 aromatic rings. The van der Waals surface area contributed by atoms with E-state index in [1.54, 1.807) is 37.5 Å². The number of rotatable bonds is 5. The summed E-state index contributed by atoms with van der Waals surface area (Å²) in [6, 6.07) is 5.01. The van der Waals surface area contributed by atoms with Crippen molar-refractivity contribution in [3.8, 4) is 0 Å². The molecule has 3 rings (SSSR count). The van der Waals surface area contributed by atoms with Gasteiger partial charge in [0, 0.05) is 47.6 Å². The maximum atomic E-state index is 12.6. The second-order valence-electron chi connectivity index (χ2n) is 5.87. The van der Waals surface area contributed by atoms with Crippen LogP contribution in [0.3, 0.4) is 0 Å². The van der Waals surface area contributed by atoms with Crippen molar-refractivity contribution in [2.24, 2.45) is 0 Å². The highest BCUT2D eigenvalue weighted by molar-refractivity contribution is 7.89. The lowest BCUT2D eigenvalue weighted by atomic mass is 9.93. The molecule has 2 aliphatic rings. The molecule has 1 aliphatic heterocycles. The van der Waals surface area contributed by atoms with Crippen LogP contribution in [-0.4, -0.2) is 33.7 Å². The second-order valence-corrected chi connectivity index (χ2v) is 7.93. The van der Waals surface area contributed by atoms with Gasteiger partial charge in [-0.25, -0.2) is 8.42 Å². The number of aliphatic hydroxyl groups is 1. The Morgan fingerprint density at radius 1 is 1.38 bits per heavy atom. The topological polar surface area (TPSA) is 90.5 Å². The molecule has 1 aromatic carbocycles. The largest absolute Gasteiger partial charge is 0.395 e. The molecule has 0 bridgehead atoms. The summed E-state index contributed by atoms with van der Waals surface area (Å²) in [4.78, 5) is 0.217. The van der Waals surface area contributed by atoms with E-state index < -0.39 is 10.0 Å². The number of hydrogen-bond donors (Lipinski definition) is 4. The van der Waals surface area contributed by atoms with Crippen LogP contribution in [0.2, 0.25) is 0 Å². The Kier molecular flexibility index (Phi) is 5.41. The van der Waals surface area contributed by atoms with Crippen molar-refractivity contribution < 1.29 is 13.5 Å². The van der Waals surface area contributed by atoms with Crippen molar-refractivity contribution in [1.82, 2.24) is 10.0 Å². The van der Waals surface area contributed by atoms with Gasteiger partial charge < -0.3 is 15.7 Å². The molecule has 4 N–H and O–H groups in total. The van der Waals surface area contributed by atoms with E-state index in [-0.39, 0.29) is 11.5 Å². The van der Waals surface area contributed by atoms with Gasteiger partial charge in [-0.05, 0) is 42.1 Å². The Bertz CT molecular complexity index is 946. The van der Waals surface area contributed by atoms with E-state index >= 15 is 0 Å². The minimum Gasteiger partial charge on any atom is -0.395 e. The quantitative estimate of drug-likeness (QED) is 0.616. The van der Waals surface area contributed by atoms with Crippen molar-refractivity contribution in [3.63, 3.8) is 0 Å². The van der Waals surface area contributed by atoms with Crippen LogP contribution < -0.4 is 15.4 Å². The van der Waals surface area contributed by atoms with Gasteiger partial charge >= 0.3 is 0 Å². The van der Waals surface area contributed by atoms with Gasteiger partial charge in [-0.15, -0.1) is 0 Å². The molecule has 138 valence electrons. The van der Waals surface area contributed by atoms with Gasteiger partial charge in [-0.2, -0.15) is 0 Å². The number of benzene rings is 1. The molecule has 0 unspecified atom stereocenters. The van der Waals surface area contributed by atoms with Crippen molar-refractivity contribution in [2.75, 3.05) is 25.5 Å². The number of hydrogen-bond acceptors (Lipinski definition) is 5. The summed E-state index contributed by atoms with van der Waals surface area (Å²) in [5.74, 6) is 0. The Hall–Kier alpha value is -2.22. The first kappa shape index (κ1) is 18.6. The Morgan fingerprint density at radius 2 is 2.19 bits per heavy atom. The molecule has 0 fully saturated rings. The average molecular weight is 394 g/mol.